The van der Waals surface area contributed by atoms with Gasteiger partial charge in [0, 0.05) is 0 Å². The maximum atomic E-state index is 11.1. The number of hydrogen-bond donors (Lipinski definition) is 2. The average molecular weight is 156 g/mol. The minimum atomic E-state index is -4.90. The molecule has 0 atom stereocenters. The topological polar surface area (TPSA) is 72.2 Å². The van der Waals surface area contributed by atoms with Crippen LogP contribution in [0.5, 0.6) is 0 Å². The van der Waals surface area contributed by atoms with E-state index in [0.29, 0.717) is 5.32 Å². The molecule has 0 aliphatic carbocycles. The zero-order chi connectivity index (χ0) is 8.36. The number of primary amides is 1. The Morgan fingerprint density at radius 3 is 1.80 bits per heavy atom. The van der Waals surface area contributed by atoms with Crippen molar-refractivity contribution in [2.24, 2.45) is 5.73 Å². The Kier molecular flexibility index (Phi) is 2.22. The third kappa shape index (κ3) is 3.70. The third-order valence-corrected chi connectivity index (χ3v) is 0.479. The van der Waals surface area contributed by atoms with Gasteiger partial charge in [-0.05, 0) is 0 Å². The molecule has 0 unspecified atom stereocenters. The van der Waals surface area contributed by atoms with Crippen LogP contribution in [0.15, 0.2) is 0 Å². The van der Waals surface area contributed by atoms with Gasteiger partial charge in [0.2, 0.25) is 0 Å². The molecule has 58 valence electrons. The zero-order valence-corrected chi connectivity index (χ0v) is 4.53. The number of amides is 2. The summed E-state index contributed by atoms with van der Waals surface area (Å²) in [7, 11) is 0. The van der Waals surface area contributed by atoms with Gasteiger partial charge < -0.3 is 5.73 Å². The lowest BCUT2D eigenvalue weighted by Gasteiger charge is -2.04. The van der Waals surface area contributed by atoms with Gasteiger partial charge in [0.15, 0.2) is 0 Å². The summed E-state index contributed by atoms with van der Waals surface area (Å²) in [5, 5.41) is 0.405. The number of rotatable bonds is 0. The van der Waals surface area contributed by atoms with Crippen LogP contribution < -0.4 is 11.1 Å². The quantitative estimate of drug-likeness (QED) is 0.352. The van der Waals surface area contributed by atoms with Gasteiger partial charge in [-0.3, -0.25) is 14.9 Å². The van der Waals surface area contributed by atoms with Crippen molar-refractivity contribution in [3.05, 3.63) is 0 Å². The van der Waals surface area contributed by atoms with Crippen molar-refractivity contribution in [1.29, 1.82) is 0 Å². The molecule has 0 spiro atoms. The largest absolute Gasteiger partial charge is 0.484 e. The first kappa shape index (κ1) is 8.73. The van der Waals surface area contributed by atoms with Crippen molar-refractivity contribution in [2.45, 2.75) is 6.30 Å². The SMILES string of the molecule is NC(=O)C(=O)NC(F)(F)F. The highest BCUT2D eigenvalue weighted by Crippen LogP contribution is 2.08. The molecule has 0 rings (SSSR count). The Morgan fingerprint density at radius 1 is 1.30 bits per heavy atom. The standard InChI is InChI=1S/C3H3F3N2O2/c4-3(5,6)8-2(10)1(7)9/h(H2,7,9)(H,8,10). The molecular formula is C3H3F3N2O2. The molecule has 0 bridgehead atoms. The van der Waals surface area contributed by atoms with E-state index in [2.05, 4.69) is 5.73 Å². The third-order valence-electron chi connectivity index (χ3n) is 0.479. The van der Waals surface area contributed by atoms with Crippen molar-refractivity contribution in [2.75, 3.05) is 0 Å². The number of nitrogens with two attached hydrogens (primary N) is 1. The van der Waals surface area contributed by atoms with E-state index in [0.717, 1.165) is 0 Å². The molecule has 7 heteroatoms. The highest BCUT2D eigenvalue weighted by atomic mass is 19.4. The van der Waals surface area contributed by atoms with Crippen LogP contribution in [0.2, 0.25) is 0 Å². The molecule has 0 aliphatic rings. The van der Waals surface area contributed by atoms with E-state index in [4.69, 9.17) is 0 Å². The number of carbonyl (C=O) groups is 2. The second-order valence-electron chi connectivity index (χ2n) is 1.32. The number of alkyl halides is 3. The molecule has 0 fully saturated rings. The van der Waals surface area contributed by atoms with Crippen molar-refractivity contribution in [3.63, 3.8) is 0 Å². The fraction of sp³-hybridized carbons (Fsp3) is 0.333. The summed E-state index contributed by atoms with van der Waals surface area (Å²) >= 11 is 0. The van der Waals surface area contributed by atoms with Gasteiger partial charge in [0.05, 0.1) is 0 Å². The fourth-order valence-electron chi connectivity index (χ4n) is 0.190. The van der Waals surface area contributed by atoms with Crippen molar-refractivity contribution in [1.82, 2.24) is 5.32 Å². The Balaban J connectivity index is 3.93. The van der Waals surface area contributed by atoms with Gasteiger partial charge >= 0.3 is 18.1 Å². The highest BCUT2D eigenvalue weighted by Gasteiger charge is 2.31. The molecule has 0 saturated heterocycles. The molecule has 3 N–H and O–H groups in total. The van der Waals surface area contributed by atoms with E-state index in [1.165, 1.54) is 0 Å². The van der Waals surface area contributed by atoms with Crippen LogP contribution >= 0.6 is 0 Å². The summed E-state index contributed by atoms with van der Waals surface area (Å²) in [5.41, 5.74) is 4.19. The zero-order valence-electron chi connectivity index (χ0n) is 4.53. The van der Waals surface area contributed by atoms with Crippen LogP contribution in [0.1, 0.15) is 0 Å². The molecular weight excluding hydrogens is 153 g/mol. The average Bonchev–Trinajstić information content (AvgIpc) is 1.60. The smallest absolute Gasteiger partial charge is 0.361 e. The van der Waals surface area contributed by atoms with Crippen molar-refractivity contribution < 1.29 is 22.8 Å². The minimum absolute atomic E-state index is 0.405. The minimum Gasteiger partial charge on any atom is -0.361 e. The fourth-order valence-corrected chi connectivity index (χ4v) is 0.190. The van der Waals surface area contributed by atoms with Gasteiger partial charge in [0.25, 0.3) is 0 Å². The number of nitrogens with one attached hydrogen (secondary N) is 1. The maximum absolute atomic E-state index is 11.1. The summed E-state index contributed by atoms with van der Waals surface area (Å²) in [5.74, 6) is -3.54. The Bertz CT molecular complexity index is 164. The normalized spacial score (nSPS) is 10.7. The van der Waals surface area contributed by atoms with E-state index in [-0.39, 0.29) is 0 Å². The molecule has 0 aromatic heterocycles. The first-order valence-corrected chi connectivity index (χ1v) is 2.01. The van der Waals surface area contributed by atoms with Crippen molar-refractivity contribution in [3.8, 4) is 0 Å². The maximum Gasteiger partial charge on any atom is 0.484 e. The van der Waals surface area contributed by atoms with Gasteiger partial charge in [-0.1, -0.05) is 0 Å². The summed E-state index contributed by atoms with van der Waals surface area (Å²) in [6.07, 6.45) is -4.90. The predicted molar refractivity (Wildman–Crippen MR) is 23.4 cm³/mol. The second kappa shape index (κ2) is 2.54. The number of halogens is 3. The Hall–Kier alpha value is -1.27. The molecule has 0 aliphatic heterocycles. The lowest BCUT2D eigenvalue weighted by Crippen LogP contribution is -2.44. The molecule has 0 heterocycles. The lowest BCUT2D eigenvalue weighted by molar-refractivity contribution is -0.172. The molecule has 0 aromatic rings. The van der Waals surface area contributed by atoms with E-state index >= 15 is 0 Å². The van der Waals surface area contributed by atoms with E-state index in [1.807, 2.05) is 0 Å². The Labute approximate surface area is 53.2 Å². The summed E-state index contributed by atoms with van der Waals surface area (Å²) in [6, 6.07) is 0. The summed E-state index contributed by atoms with van der Waals surface area (Å²) in [6.45, 7) is 0. The Morgan fingerprint density at radius 2 is 1.70 bits per heavy atom. The molecule has 2 amide bonds. The molecule has 0 saturated carbocycles. The van der Waals surface area contributed by atoms with E-state index in [1.54, 1.807) is 0 Å². The summed E-state index contributed by atoms with van der Waals surface area (Å²) in [4.78, 5) is 19.5. The summed E-state index contributed by atoms with van der Waals surface area (Å²) < 4.78 is 33.4. The van der Waals surface area contributed by atoms with Crippen LogP contribution in [0.3, 0.4) is 0 Å². The van der Waals surface area contributed by atoms with Crippen molar-refractivity contribution >= 4 is 11.8 Å². The van der Waals surface area contributed by atoms with Gasteiger partial charge in [-0.25, -0.2) is 0 Å². The molecule has 10 heavy (non-hydrogen) atoms. The molecule has 0 aromatic carbocycles. The first-order valence-electron chi connectivity index (χ1n) is 2.01. The molecule has 0 radical (unpaired) electrons. The van der Waals surface area contributed by atoms with E-state index < -0.39 is 18.1 Å². The first-order chi connectivity index (χ1) is 4.33. The van der Waals surface area contributed by atoms with Crippen LogP contribution in [-0.4, -0.2) is 18.1 Å². The number of carbonyl (C=O) groups excluding carboxylic acids is 2. The van der Waals surface area contributed by atoms with E-state index in [9.17, 15) is 22.8 Å². The monoisotopic (exact) mass is 156 g/mol. The predicted octanol–water partition coefficient (Wildman–Crippen LogP) is -0.892. The van der Waals surface area contributed by atoms with Crippen LogP contribution in [0.4, 0.5) is 13.2 Å². The lowest BCUT2D eigenvalue weighted by atomic mass is 10.6. The van der Waals surface area contributed by atoms with Crippen LogP contribution in [0.25, 0.3) is 0 Å². The molecule has 4 nitrogen and oxygen atoms in total. The highest BCUT2D eigenvalue weighted by molar-refractivity contribution is 6.34. The van der Waals surface area contributed by atoms with Crippen LogP contribution in [0, 0.1) is 0 Å². The van der Waals surface area contributed by atoms with Gasteiger partial charge in [0.1, 0.15) is 0 Å². The van der Waals surface area contributed by atoms with Gasteiger partial charge in [-0.15, -0.1) is 0 Å². The van der Waals surface area contributed by atoms with Gasteiger partial charge in [-0.2, -0.15) is 13.2 Å². The van der Waals surface area contributed by atoms with Crippen LogP contribution in [-0.2, 0) is 9.59 Å². The number of hydrogen-bond acceptors (Lipinski definition) is 2. The second-order valence-corrected chi connectivity index (χ2v) is 1.32.